The summed E-state index contributed by atoms with van der Waals surface area (Å²) in [5, 5.41) is 3.10. The lowest BCUT2D eigenvalue weighted by atomic mass is 9.95. The van der Waals surface area contributed by atoms with E-state index in [2.05, 4.69) is 5.32 Å². The van der Waals surface area contributed by atoms with Crippen LogP contribution in [0.4, 0.5) is 0 Å². The number of primary amides is 1. The summed E-state index contributed by atoms with van der Waals surface area (Å²) in [5.41, 5.74) is 10.4. The Kier molecular flexibility index (Phi) is 2.24. The van der Waals surface area contributed by atoms with Gasteiger partial charge in [0.25, 0.3) is 0 Å². The smallest absolute Gasteiger partial charge is 0.234 e. The molecule has 1 aliphatic heterocycles. The van der Waals surface area contributed by atoms with Crippen molar-refractivity contribution in [1.29, 1.82) is 0 Å². The zero-order chi connectivity index (χ0) is 7.56. The number of amides is 1. The number of nitrogens with one attached hydrogen (secondary N) is 1. The Morgan fingerprint density at radius 1 is 1.70 bits per heavy atom. The van der Waals surface area contributed by atoms with Gasteiger partial charge in [0.15, 0.2) is 0 Å². The van der Waals surface area contributed by atoms with Crippen LogP contribution < -0.4 is 16.8 Å². The highest BCUT2D eigenvalue weighted by Gasteiger charge is 2.21. The van der Waals surface area contributed by atoms with Gasteiger partial charge in [-0.3, -0.25) is 4.79 Å². The summed E-state index contributed by atoms with van der Waals surface area (Å²) in [6, 6.07) is -0.452. The second-order valence-electron chi connectivity index (χ2n) is 2.77. The lowest BCUT2D eigenvalue weighted by Crippen LogP contribution is -2.47. The van der Waals surface area contributed by atoms with Crippen LogP contribution in [0.15, 0.2) is 0 Å². The Bertz CT molecular complexity index is 133. The molecule has 0 aromatic heterocycles. The van der Waals surface area contributed by atoms with Crippen LogP contribution >= 0.6 is 0 Å². The SMILES string of the molecule is NC(=O)C(N)CC1CNC1. The normalized spacial score (nSPS) is 21.7. The van der Waals surface area contributed by atoms with E-state index in [1.807, 2.05) is 0 Å². The van der Waals surface area contributed by atoms with E-state index in [9.17, 15) is 4.79 Å². The number of hydrogen-bond acceptors (Lipinski definition) is 3. The van der Waals surface area contributed by atoms with Crippen molar-refractivity contribution in [3.05, 3.63) is 0 Å². The first-order valence-electron chi connectivity index (χ1n) is 3.45. The molecule has 1 rings (SSSR count). The molecule has 10 heavy (non-hydrogen) atoms. The maximum absolute atomic E-state index is 10.5. The topological polar surface area (TPSA) is 81.1 Å². The number of rotatable bonds is 3. The molecule has 1 atom stereocenters. The van der Waals surface area contributed by atoms with E-state index in [4.69, 9.17) is 11.5 Å². The summed E-state index contributed by atoms with van der Waals surface area (Å²) in [7, 11) is 0. The van der Waals surface area contributed by atoms with Crippen molar-refractivity contribution in [2.45, 2.75) is 12.5 Å². The molecular formula is C6H13N3O. The highest BCUT2D eigenvalue weighted by Crippen LogP contribution is 2.09. The van der Waals surface area contributed by atoms with E-state index in [1.54, 1.807) is 0 Å². The summed E-state index contributed by atoms with van der Waals surface area (Å²) in [5.74, 6) is 0.161. The molecule has 1 unspecified atom stereocenters. The van der Waals surface area contributed by atoms with Crippen molar-refractivity contribution < 1.29 is 4.79 Å². The lowest BCUT2D eigenvalue weighted by Gasteiger charge is -2.28. The minimum atomic E-state index is -0.452. The predicted octanol–water partition coefficient (Wildman–Crippen LogP) is -1.59. The van der Waals surface area contributed by atoms with Crippen molar-refractivity contribution in [3.63, 3.8) is 0 Å². The molecule has 0 radical (unpaired) electrons. The minimum Gasteiger partial charge on any atom is -0.368 e. The maximum atomic E-state index is 10.5. The molecule has 1 aliphatic rings. The molecule has 0 aliphatic carbocycles. The zero-order valence-electron chi connectivity index (χ0n) is 5.84. The fourth-order valence-electron chi connectivity index (χ4n) is 0.990. The molecule has 0 aromatic carbocycles. The molecule has 0 bridgehead atoms. The number of hydrogen-bond donors (Lipinski definition) is 3. The van der Waals surface area contributed by atoms with Crippen LogP contribution in [-0.2, 0) is 4.79 Å². The average Bonchev–Trinajstić information content (AvgIpc) is 1.77. The third kappa shape index (κ3) is 1.68. The molecular weight excluding hydrogens is 130 g/mol. The Morgan fingerprint density at radius 2 is 2.30 bits per heavy atom. The van der Waals surface area contributed by atoms with Gasteiger partial charge in [-0.15, -0.1) is 0 Å². The van der Waals surface area contributed by atoms with Crippen LogP contribution in [0.5, 0.6) is 0 Å². The molecule has 58 valence electrons. The number of carbonyl (C=O) groups excluding carboxylic acids is 1. The zero-order valence-corrected chi connectivity index (χ0v) is 5.84. The fraction of sp³-hybridized carbons (Fsp3) is 0.833. The molecule has 0 spiro atoms. The van der Waals surface area contributed by atoms with E-state index in [0.717, 1.165) is 19.5 Å². The largest absolute Gasteiger partial charge is 0.368 e. The van der Waals surface area contributed by atoms with Crippen molar-refractivity contribution in [3.8, 4) is 0 Å². The van der Waals surface area contributed by atoms with E-state index in [0.29, 0.717) is 5.92 Å². The number of carbonyl (C=O) groups is 1. The van der Waals surface area contributed by atoms with Crippen LogP contribution in [0.3, 0.4) is 0 Å². The summed E-state index contributed by atoms with van der Waals surface area (Å²) in [6.45, 7) is 1.95. The van der Waals surface area contributed by atoms with Gasteiger partial charge in [-0.1, -0.05) is 0 Å². The van der Waals surface area contributed by atoms with Crippen LogP contribution in [0.1, 0.15) is 6.42 Å². The van der Waals surface area contributed by atoms with Gasteiger partial charge in [0.1, 0.15) is 0 Å². The third-order valence-corrected chi connectivity index (χ3v) is 1.82. The monoisotopic (exact) mass is 143 g/mol. The van der Waals surface area contributed by atoms with E-state index in [-0.39, 0.29) is 0 Å². The first-order chi connectivity index (χ1) is 4.70. The molecule has 1 heterocycles. The predicted molar refractivity (Wildman–Crippen MR) is 38.1 cm³/mol. The van der Waals surface area contributed by atoms with Crippen LogP contribution in [-0.4, -0.2) is 25.0 Å². The number of nitrogens with two attached hydrogens (primary N) is 2. The van der Waals surface area contributed by atoms with Gasteiger partial charge in [0.05, 0.1) is 6.04 Å². The Hall–Kier alpha value is -0.610. The molecule has 1 fully saturated rings. The molecule has 1 saturated heterocycles. The minimum absolute atomic E-state index is 0.396. The van der Waals surface area contributed by atoms with Gasteiger partial charge in [0.2, 0.25) is 5.91 Å². The first kappa shape index (κ1) is 7.50. The first-order valence-corrected chi connectivity index (χ1v) is 3.45. The average molecular weight is 143 g/mol. The fourth-order valence-corrected chi connectivity index (χ4v) is 0.990. The summed E-state index contributed by atoms with van der Waals surface area (Å²) in [6.07, 6.45) is 0.725. The van der Waals surface area contributed by atoms with Crippen molar-refractivity contribution in [1.82, 2.24) is 5.32 Å². The van der Waals surface area contributed by atoms with Crippen LogP contribution in [0, 0.1) is 5.92 Å². The highest BCUT2D eigenvalue weighted by atomic mass is 16.1. The highest BCUT2D eigenvalue weighted by molar-refractivity contribution is 5.79. The molecule has 0 aromatic rings. The summed E-state index contributed by atoms with van der Waals surface area (Å²) < 4.78 is 0. The molecule has 4 heteroatoms. The maximum Gasteiger partial charge on any atom is 0.234 e. The lowest BCUT2D eigenvalue weighted by molar-refractivity contribution is -0.119. The Labute approximate surface area is 59.9 Å². The van der Waals surface area contributed by atoms with Gasteiger partial charge < -0.3 is 16.8 Å². The quantitative estimate of drug-likeness (QED) is 0.445. The second kappa shape index (κ2) is 2.98. The van der Waals surface area contributed by atoms with Gasteiger partial charge >= 0.3 is 0 Å². The standard InChI is InChI=1S/C6H13N3O/c7-5(6(8)10)1-4-2-9-3-4/h4-5,9H,1-3,7H2,(H2,8,10). The molecule has 1 amide bonds. The Balaban J connectivity index is 2.16. The van der Waals surface area contributed by atoms with Crippen LogP contribution in [0.25, 0.3) is 0 Å². The van der Waals surface area contributed by atoms with Crippen molar-refractivity contribution in [2.75, 3.05) is 13.1 Å². The van der Waals surface area contributed by atoms with Gasteiger partial charge in [-0.05, 0) is 25.4 Å². The third-order valence-electron chi connectivity index (χ3n) is 1.82. The summed E-state index contributed by atoms with van der Waals surface area (Å²) >= 11 is 0. The van der Waals surface area contributed by atoms with Gasteiger partial charge in [0, 0.05) is 0 Å². The molecule has 5 N–H and O–H groups in total. The van der Waals surface area contributed by atoms with E-state index >= 15 is 0 Å². The van der Waals surface area contributed by atoms with Crippen molar-refractivity contribution in [2.24, 2.45) is 17.4 Å². The van der Waals surface area contributed by atoms with E-state index in [1.165, 1.54) is 0 Å². The molecule has 0 saturated carbocycles. The molecule has 4 nitrogen and oxygen atoms in total. The second-order valence-corrected chi connectivity index (χ2v) is 2.77. The van der Waals surface area contributed by atoms with Crippen LogP contribution in [0.2, 0.25) is 0 Å². The Morgan fingerprint density at radius 3 is 2.60 bits per heavy atom. The van der Waals surface area contributed by atoms with Gasteiger partial charge in [-0.2, -0.15) is 0 Å². The van der Waals surface area contributed by atoms with E-state index < -0.39 is 11.9 Å². The van der Waals surface area contributed by atoms with Gasteiger partial charge in [-0.25, -0.2) is 0 Å². The van der Waals surface area contributed by atoms with Crippen molar-refractivity contribution >= 4 is 5.91 Å². The summed E-state index contributed by atoms with van der Waals surface area (Å²) in [4.78, 5) is 10.5.